The van der Waals surface area contributed by atoms with Crippen LogP contribution in [-0.4, -0.2) is 17.2 Å². The van der Waals surface area contributed by atoms with Crippen molar-refractivity contribution in [3.8, 4) is 5.75 Å². The van der Waals surface area contributed by atoms with Crippen molar-refractivity contribution in [2.24, 2.45) is 5.73 Å². The number of carboxylic acids is 1. The average molecular weight is 241 g/mol. The molecule has 17 heavy (non-hydrogen) atoms. The lowest BCUT2D eigenvalue weighted by atomic mass is 10.1. The van der Waals surface area contributed by atoms with Gasteiger partial charge in [-0.2, -0.15) is 0 Å². The Labute approximate surface area is 99.2 Å². The molecule has 0 aliphatic heterocycles. The predicted octanol–water partition coefficient (Wildman–Crippen LogP) is 2.09. The number of benzene rings is 1. The van der Waals surface area contributed by atoms with Gasteiger partial charge in [0.05, 0.1) is 0 Å². The number of aliphatic carboxylic acids is 1. The molecule has 0 aliphatic rings. The second-order valence-corrected chi connectivity index (χ2v) is 3.82. The molecule has 0 saturated heterocycles. The summed E-state index contributed by atoms with van der Waals surface area (Å²) < 4.78 is 18.7. The Morgan fingerprint density at radius 1 is 1.59 bits per heavy atom. The molecule has 94 valence electrons. The zero-order valence-corrected chi connectivity index (χ0v) is 9.81. The van der Waals surface area contributed by atoms with Crippen molar-refractivity contribution in [3.05, 3.63) is 29.6 Å². The number of nitrogens with two attached hydrogens (primary N) is 1. The van der Waals surface area contributed by atoms with E-state index in [0.29, 0.717) is 12.0 Å². The smallest absolute Gasteiger partial charge is 0.344 e. The Bertz CT molecular complexity index is 407. The first-order chi connectivity index (χ1) is 7.95. The minimum Gasteiger partial charge on any atom is -0.479 e. The third-order valence-electron chi connectivity index (χ3n) is 2.39. The molecule has 1 aromatic carbocycles. The molecule has 0 aromatic heterocycles. The van der Waals surface area contributed by atoms with Gasteiger partial charge in [-0.25, -0.2) is 9.18 Å². The van der Waals surface area contributed by atoms with Crippen LogP contribution in [0, 0.1) is 5.82 Å². The summed E-state index contributed by atoms with van der Waals surface area (Å²) in [5.41, 5.74) is 5.94. The summed E-state index contributed by atoms with van der Waals surface area (Å²) in [6.07, 6.45) is -0.651. The van der Waals surface area contributed by atoms with Crippen molar-refractivity contribution >= 4 is 5.97 Å². The van der Waals surface area contributed by atoms with Gasteiger partial charge >= 0.3 is 5.97 Å². The topological polar surface area (TPSA) is 72.5 Å². The average Bonchev–Trinajstić information content (AvgIpc) is 2.24. The van der Waals surface area contributed by atoms with Gasteiger partial charge in [0, 0.05) is 17.7 Å². The summed E-state index contributed by atoms with van der Waals surface area (Å²) in [6.45, 7) is 3.36. The van der Waals surface area contributed by atoms with Gasteiger partial charge in [0.2, 0.25) is 0 Å². The van der Waals surface area contributed by atoms with E-state index >= 15 is 0 Å². The van der Waals surface area contributed by atoms with E-state index in [9.17, 15) is 9.18 Å². The number of hydrogen-bond donors (Lipinski definition) is 2. The van der Waals surface area contributed by atoms with Gasteiger partial charge in [0.25, 0.3) is 0 Å². The number of carboxylic acid groups (broad SMARTS) is 1. The highest BCUT2D eigenvalue weighted by Crippen LogP contribution is 2.21. The highest BCUT2D eigenvalue weighted by Gasteiger charge is 2.17. The van der Waals surface area contributed by atoms with Crippen molar-refractivity contribution in [2.45, 2.75) is 32.4 Å². The van der Waals surface area contributed by atoms with Crippen LogP contribution >= 0.6 is 0 Å². The van der Waals surface area contributed by atoms with Crippen molar-refractivity contribution in [1.29, 1.82) is 0 Å². The molecule has 0 saturated carbocycles. The second-order valence-electron chi connectivity index (χ2n) is 3.82. The lowest BCUT2D eigenvalue weighted by Gasteiger charge is -2.14. The third-order valence-corrected chi connectivity index (χ3v) is 2.39. The molecule has 3 N–H and O–H groups in total. The Morgan fingerprint density at radius 2 is 2.24 bits per heavy atom. The largest absolute Gasteiger partial charge is 0.479 e. The third kappa shape index (κ3) is 3.42. The summed E-state index contributed by atoms with van der Waals surface area (Å²) in [4.78, 5) is 10.8. The molecule has 0 fully saturated rings. The predicted molar refractivity (Wildman–Crippen MR) is 61.3 cm³/mol. The summed E-state index contributed by atoms with van der Waals surface area (Å²) >= 11 is 0. The maximum absolute atomic E-state index is 13.5. The summed E-state index contributed by atoms with van der Waals surface area (Å²) in [6, 6.07) is 3.77. The molecule has 5 heteroatoms. The molecule has 0 bridgehead atoms. The quantitative estimate of drug-likeness (QED) is 0.827. The number of halogens is 1. The standard InChI is InChI=1S/C12H16FNO3/c1-3-11(12(15)16)17-8-4-5-9(7(2)14)10(13)6-8/h4-7,11H,3,14H2,1-2H3,(H,15,16)/t7-,11?/m1/s1. The fourth-order valence-electron chi connectivity index (χ4n) is 1.42. The lowest BCUT2D eigenvalue weighted by molar-refractivity contribution is -0.145. The number of carbonyl (C=O) groups is 1. The number of ether oxygens (including phenoxy) is 1. The van der Waals surface area contributed by atoms with Crippen molar-refractivity contribution in [2.75, 3.05) is 0 Å². The molecule has 0 amide bonds. The second kappa shape index (κ2) is 5.63. The van der Waals surface area contributed by atoms with Crippen LogP contribution in [0.5, 0.6) is 5.75 Å². The van der Waals surface area contributed by atoms with E-state index in [1.807, 2.05) is 0 Å². The van der Waals surface area contributed by atoms with Gasteiger partial charge in [-0.1, -0.05) is 13.0 Å². The SMILES string of the molecule is CCC(Oc1ccc([C@@H](C)N)c(F)c1)C(=O)O. The minimum atomic E-state index is -1.07. The van der Waals surface area contributed by atoms with Gasteiger partial charge in [-0.15, -0.1) is 0 Å². The molecule has 4 nitrogen and oxygen atoms in total. The molecular formula is C12H16FNO3. The number of rotatable bonds is 5. The molecular weight excluding hydrogens is 225 g/mol. The molecule has 2 atom stereocenters. The zero-order valence-electron chi connectivity index (χ0n) is 9.81. The van der Waals surface area contributed by atoms with Crippen LogP contribution < -0.4 is 10.5 Å². The summed E-state index contributed by atoms with van der Waals surface area (Å²) in [7, 11) is 0. The highest BCUT2D eigenvalue weighted by atomic mass is 19.1. The minimum absolute atomic E-state index is 0.196. The Balaban J connectivity index is 2.87. The molecule has 1 aromatic rings. The van der Waals surface area contributed by atoms with E-state index in [0.717, 1.165) is 6.07 Å². The van der Waals surface area contributed by atoms with E-state index in [2.05, 4.69) is 0 Å². The maximum Gasteiger partial charge on any atom is 0.344 e. The molecule has 0 radical (unpaired) electrons. The molecule has 0 heterocycles. The van der Waals surface area contributed by atoms with Gasteiger partial charge in [-0.3, -0.25) is 0 Å². The van der Waals surface area contributed by atoms with E-state index in [4.69, 9.17) is 15.6 Å². The van der Waals surface area contributed by atoms with E-state index < -0.39 is 23.9 Å². The first-order valence-electron chi connectivity index (χ1n) is 5.40. The van der Waals surface area contributed by atoms with Crippen LogP contribution in [0.2, 0.25) is 0 Å². The molecule has 0 aliphatic carbocycles. The van der Waals surface area contributed by atoms with Crippen LogP contribution in [-0.2, 0) is 4.79 Å². The fraction of sp³-hybridized carbons (Fsp3) is 0.417. The summed E-state index contributed by atoms with van der Waals surface area (Å²) in [5, 5.41) is 8.81. The van der Waals surface area contributed by atoms with Gasteiger partial charge in [0.15, 0.2) is 6.10 Å². The highest BCUT2D eigenvalue weighted by molar-refractivity contribution is 5.72. The molecule has 1 unspecified atom stereocenters. The van der Waals surface area contributed by atoms with Gasteiger partial charge in [0.1, 0.15) is 11.6 Å². The monoisotopic (exact) mass is 241 g/mol. The molecule has 0 spiro atoms. The fourth-order valence-corrected chi connectivity index (χ4v) is 1.42. The first kappa shape index (κ1) is 13.4. The van der Waals surface area contributed by atoms with Gasteiger partial charge in [-0.05, 0) is 19.4 Å². The van der Waals surface area contributed by atoms with Crippen LogP contribution in [0.4, 0.5) is 4.39 Å². The number of hydrogen-bond acceptors (Lipinski definition) is 3. The van der Waals surface area contributed by atoms with Crippen LogP contribution in [0.3, 0.4) is 0 Å². The maximum atomic E-state index is 13.5. The van der Waals surface area contributed by atoms with Crippen LogP contribution in [0.1, 0.15) is 31.9 Å². The Hall–Kier alpha value is -1.62. The van der Waals surface area contributed by atoms with E-state index in [1.54, 1.807) is 13.8 Å². The lowest BCUT2D eigenvalue weighted by Crippen LogP contribution is -2.26. The summed E-state index contributed by atoms with van der Waals surface area (Å²) in [5.74, 6) is -1.36. The van der Waals surface area contributed by atoms with E-state index in [-0.39, 0.29) is 5.75 Å². The first-order valence-corrected chi connectivity index (χ1v) is 5.40. The normalized spacial score (nSPS) is 14.1. The van der Waals surface area contributed by atoms with E-state index in [1.165, 1.54) is 12.1 Å². The van der Waals surface area contributed by atoms with Crippen molar-refractivity contribution < 1.29 is 19.0 Å². The van der Waals surface area contributed by atoms with Gasteiger partial charge < -0.3 is 15.6 Å². The molecule has 1 rings (SSSR count). The van der Waals surface area contributed by atoms with Crippen molar-refractivity contribution in [3.63, 3.8) is 0 Å². The van der Waals surface area contributed by atoms with Crippen LogP contribution in [0.25, 0.3) is 0 Å². The van der Waals surface area contributed by atoms with Crippen molar-refractivity contribution in [1.82, 2.24) is 0 Å². The zero-order chi connectivity index (χ0) is 13.0. The Morgan fingerprint density at radius 3 is 2.65 bits per heavy atom. The van der Waals surface area contributed by atoms with Crippen LogP contribution in [0.15, 0.2) is 18.2 Å². The Kier molecular flexibility index (Phi) is 4.45.